The van der Waals surface area contributed by atoms with E-state index in [-0.39, 0.29) is 5.92 Å². The van der Waals surface area contributed by atoms with Crippen molar-refractivity contribution in [1.82, 2.24) is 15.0 Å². The number of nitrogens with zero attached hydrogens (tertiary/aromatic N) is 3. The van der Waals surface area contributed by atoms with Crippen LogP contribution >= 0.6 is 0 Å². The average Bonchev–Trinajstić information content (AvgIpc) is 3.00. The highest BCUT2D eigenvalue weighted by Gasteiger charge is 2.17. The van der Waals surface area contributed by atoms with Crippen molar-refractivity contribution in [2.24, 2.45) is 0 Å². The van der Waals surface area contributed by atoms with Gasteiger partial charge in [0.05, 0.1) is 0 Å². The molecule has 0 bridgehead atoms. The summed E-state index contributed by atoms with van der Waals surface area (Å²) in [7, 11) is 0. The molecule has 0 spiro atoms. The van der Waals surface area contributed by atoms with Gasteiger partial charge in [0.25, 0.3) is 0 Å². The summed E-state index contributed by atoms with van der Waals surface area (Å²) < 4.78 is 0. The Labute approximate surface area is 217 Å². The molecule has 0 aliphatic rings. The highest BCUT2D eigenvalue weighted by atomic mass is 14.6. The minimum absolute atomic E-state index is 0.115. The van der Waals surface area contributed by atoms with Gasteiger partial charge in [-0.05, 0) is 86.5 Å². The summed E-state index contributed by atoms with van der Waals surface area (Å²) in [6.45, 7) is 0. The van der Waals surface area contributed by atoms with Gasteiger partial charge < -0.3 is 0 Å². The molecule has 3 aromatic carbocycles. The lowest BCUT2D eigenvalue weighted by atomic mass is 9.83. The van der Waals surface area contributed by atoms with Gasteiger partial charge in [-0.25, -0.2) is 0 Å². The molecule has 3 heterocycles. The fourth-order valence-electron chi connectivity index (χ4n) is 4.81. The summed E-state index contributed by atoms with van der Waals surface area (Å²) >= 11 is 0. The van der Waals surface area contributed by atoms with E-state index in [9.17, 15) is 0 Å². The normalized spacial score (nSPS) is 10.9. The Balaban J connectivity index is 1.38. The van der Waals surface area contributed by atoms with Gasteiger partial charge in [-0.15, -0.1) is 0 Å². The van der Waals surface area contributed by atoms with Crippen molar-refractivity contribution < 1.29 is 0 Å². The lowest BCUT2D eigenvalue weighted by molar-refractivity contribution is 0.978. The molecule has 3 aromatic heterocycles. The predicted molar refractivity (Wildman–Crippen MR) is 150 cm³/mol. The van der Waals surface area contributed by atoms with Gasteiger partial charge in [-0.1, -0.05) is 72.8 Å². The molecule has 3 nitrogen and oxygen atoms in total. The lowest BCUT2D eigenvalue weighted by Gasteiger charge is -2.20. The Morgan fingerprint density at radius 1 is 0.270 bits per heavy atom. The Hall–Kier alpha value is -4.89. The minimum atomic E-state index is 0.115. The first-order valence-electron chi connectivity index (χ1n) is 12.4. The molecule has 0 unspecified atom stereocenters. The molecule has 0 N–H and O–H groups in total. The monoisotopic (exact) mass is 475 g/mol. The van der Waals surface area contributed by atoms with Crippen LogP contribution in [0.15, 0.2) is 146 Å². The minimum Gasteiger partial charge on any atom is -0.265 e. The molecule has 37 heavy (non-hydrogen) atoms. The maximum absolute atomic E-state index is 4.15. The summed E-state index contributed by atoms with van der Waals surface area (Å²) in [5.74, 6) is 0.115. The quantitative estimate of drug-likeness (QED) is 0.229. The smallest absolute Gasteiger partial charge is 0.0340 e. The van der Waals surface area contributed by atoms with Gasteiger partial charge in [0.2, 0.25) is 0 Å². The standard InChI is InChI=1S/C34H25N3/c1-7-31(8-2-25(1)28-13-19-35-20-14-28)34(32-9-3-26(4-10-32)29-15-21-36-22-16-29)33-11-5-27(6-12-33)30-17-23-37-24-18-30/h1-24,34H. The van der Waals surface area contributed by atoms with Crippen LogP contribution in [0.4, 0.5) is 0 Å². The third kappa shape index (κ3) is 4.93. The second-order valence-corrected chi connectivity index (χ2v) is 9.01. The van der Waals surface area contributed by atoms with Crippen molar-refractivity contribution in [2.45, 2.75) is 5.92 Å². The van der Waals surface area contributed by atoms with E-state index >= 15 is 0 Å². The van der Waals surface area contributed by atoms with Crippen LogP contribution in [0, 0.1) is 0 Å². The van der Waals surface area contributed by atoms with E-state index in [2.05, 4.69) is 87.7 Å². The van der Waals surface area contributed by atoms with Gasteiger partial charge >= 0.3 is 0 Å². The maximum Gasteiger partial charge on any atom is 0.0340 e. The van der Waals surface area contributed by atoms with Crippen LogP contribution in [0.5, 0.6) is 0 Å². The number of hydrogen-bond donors (Lipinski definition) is 0. The summed E-state index contributed by atoms with van der Waals surface area (Å²) in [4.78, 5) is 12.4. The second kappa shape index (κ2) is 10.4. The molecule has 0 saturated carbocycles. The molecule has 176 valence electrons. The van der Waals surface area contributed by atoms with Crippen molar-refractivity contribution in [1.29, 1.82) is 0 Å². The van der Waals surface area contributed by atoms with Gasteiger partial charge in [0.15, 0.2) is 0 Å². The molecule has 6 rings (SSSR count). The largest absolute Gasteiger partial charge is 0.265 e. The van der Waals surface area contributed by atoms with E-state index < -0.39 is 0 Å². The number of hydrogen-bond acceptors (Lipinski definition) is 3. The lowest BCUT2D eigenvalue weighted by Crippen LogP contribution is -2.03. The number of benzene rings is 3. The molecule has 0 amide bonds. The molecule has 0 atom stereocenters. The summed E-state index contributed by atoms with van der Waals surface area (Å²) in [5.41, 5.74) is 10.8. The number of aromatic nitrogens is 3. The highest BCUT2D eigenvalue weighted by Crippen LogP contribution is 2.35. The summed E-state index contributed by atoms with van der Waals surface area (Å²) in [5, 5.41) is 0. The van der Waals surface area contributed by atoms with Crippen LogP contribution in [-0.4, -0.2) is 15.0 Å². The zero-order valence-electron chi connectivity index (χ0n) is 20.3. The Morgan fingerprint density at radius 3 is 0.730 bits per heavy atom. The number of pyridine rings is 3. The van der Waals surface area contributed by atoms with Gasteiger partial charge in [0, 0.05) is 43.1 Å². The average molecular weight is 476 g/mol. The first-order valence-corrected chi connectivity index (χ1v) is 12.4. The fourth-order valence-corrected chi connectivity index (χ4v) is 4.81. The van der Waals surface area contributed by atoms with Crippen LogP contribution in [0.2, 0.25) is 0 Å². The Kier molecular flexibility index (Phi) is 6.33. The van der Waals surface area contributed by atoms with Crippen LogP contribution in [0.25, 0.3) is 33.4 Å². The van der Waals surface area contributed by atoms with Crippen LogP contribution in [0.1, 0.15) is 22.6 Å². The van der Waals surface area contributed by atoms with E-state index in [1.165, 1.54) is 50.1 Å². The summed E-state index contributed by atoms with van der Waals surface area (Å²) in [6.07, 6.45) is 11.0. The molecule has 0 aliphatic carbocycles. The van der Waals surface area contributed by atoms with Crippen LogP contribution < -0.4 is 0 Å². The third-order valence-corrected chi connectivity index (χ3v) is 6.77. The third-order valence-electron chi connectivity index (χ3n) is 6.77. The molecule has 6 aromatic rings. The SMILES string of the molecule is c1cc(-c2ccc(C(c3ccc(-c4ccncc4)cc3)c3ccc(-c4ccncc4)cc3)cc2)ccn1. The van der Waals surface area contributed by atoms with Crippen molar-refractivity contribution in [3.8, 4) is 33.4 Å². The molecule has 0 aliphatic heterocycles. The summed E-state index contributed by atoms with van der Waals surface area (Å²) in [6, 6.07) is 38.9. The van der Waals surface area contributed by atoms with Gasteiger partial charge in [-0.3, -0.25) is 15.0 Å². The van der Waals surface area contributed by atoms with Gasteiger partial charge in [0.1, 0.15) is 0 Å². The van der Waals surface area contributed by atoms with E-state index in [0.717, 1.165) is 0 Å². The molecule has 0 radical (unpaired) electrons. The van der Waals surface area contributed by atoms with Crippen molar-refractivity contribution in [3.05, 3.63) is 163 Å². The maximum atomic E-state index is 4.15. The highest BCUT2D eigenvalue weighted by molar-refractivity contribution is 5.66. The van der Waals surface area contributed by atoms with Crippen molar-refractivity contribution >= 4 is 0 Å². The zero-order valence-corrected chi connectivity index (χ0v) is 20.3. The van der Waals surface area contributed by atoms with E-state index in [1.807, 2.05) is 73.6 Å². The predicted octanol–water partition coefficient (Wildman–Crippen LogP) is 8.05. The molecule has 3 heteroatoms. The number of rotatable bonds is 6. The fraction of sp³-hybridized carbons (Fsp3) is 0.0294. The topological polar surface area (TPSA) is 38.7 Å². The van der Waals surface area contributed by atoms with E-state index in [1.54, 1.807) is 0 Å². The first-order chi connectivity index (χ1) is 18.3. The van der Waals surface area contributed by atoms with Crippen molar-refractivity contribution in [3.63, 3.8) is 0 Å². The molecular weight excluding hydrogens is 450 g/mol. The van der Waals surface area contributed by atoms with E-state index in [4.69, 9.17) is 0 Å². The van der Waals surface area contributed by atoms with Crippen molar-refractivity contribution in [2.75, 3.05) is 0 Å². The first kappa shape index (κ1) is 22.6. The van der Waals surface area contributed by atoms with Gasteiger partial charge in [-0.2, -0.15) is 0 Å². The van der Waals surface area contributed by atoms with E-state index in [0.29, 0.717) is 0 Å². The molecule has 0 fully saturated rings. The zero-order chi connectivity index (χ0) is 24.9. The van der Waals surface area contributed by atoms with Crippen LogP contribution in [0.3, 0.4) is 0 Å². The molecular formula is C34H25N3. The Bertz CT molecular complexity index is 1360. The Morgan fingerprint density at radius 2 is 0.486 bits per heavy atom. The molecule has 0 saturated heterocycles. The van der Waals surface area contributed by atoms with Crippen LogP contribution in [-0.2, 0) is 0 Å². The second-order valence-electron chi connectivity index (χ2n) is 9.01.